The Balaban J connectivity index is 2.43. The highest BCUT2D eigenvalue weighted by Crippen LogP contribution is 2.02. The maximum absolute atomic E-state index is 11.6. The van der Waals surface area contributed by atoms with Gasteiger partial charge in [-0.1, -0.05) is 30.3 Å². The number of alkyl carbamates (subject to hydrolysis) is 1. The molecule has 0 fully saturated rings. The molecule has 110 valence electrons. The molecule has 0 saturated heterocycles. The Bertz CT molecular complexity index is 424. The zero-order valence-corrected chi connectivity index (χ0v) is 12.3. The van der Waals surface area contributed by atoms with E-state index in [9.17, 15) is 9.59 Å². The van der Waals surface area contributed by atoms with Gasteiger partial charge in [0.1, 0.15) is 12.6 Å². The molecule has 0 spiro atoms. The number of ether oxygens (including phenoxy) is 2. The number of carbonyl (C=O) groups is 2. The van der Waals surface area contributed by atoms with E-state index >= 15 is 0 Å². The molecule has 0 heterocycles. The lowest BCUT2D eigenvalue weighted by Gasteiger charge is -2.16. The van der Waals surface area contributed by atoms with Gasteiger partial charge in [0.15, 0.2) is 0 Å². The largest absolute Gasteiger partial charge is 0.464 e. The lowest BCUT2D eigenvalue weighted by molar-refractivity contribution is -0.145. The predicted molar refractivity (Wildman–Crippen MR) is 78.7 cm³/mol. The number of hydrogen-bond donors (Lipinski definition) is 2. The van der Waals surface area contributed by atoms with E-state index in [0.29, 0.717) is 12.2 Å². The van der Waals surface area contributed by atoms with Crippen molar-refractivity contribution in [3.8, 4) is 0 Å². The Kier molecular flexibility index (Phi) is 7.57. The van der Waals surface area contributed by atoms with Crippen molar-refractivity contribution < 1.29 is 19.1 Å². The van der Waals surface area contributed by atoms with Crippen molar-refractivity contribution in [1.82, 2.24) is 5.32 Å². The molecule has 0 unspecified atom stereocenters. The summed E-state index contributed by atoms with van der Waals surface area (Å²) in [6.45, 7) is 2.13. The van der Waals surface area contributed by atoms with Crippen molar-refractivity contribution in [2.24, 2.45) is 0 Å². The minimum atomic E-state index is -0.726. The summed E-state index contributed by atoms with van der Waals surface area (Å²) in [5.74, 6) is -0.0131. The highest BCUT2D eigenvalue weighted by molar-refractivity contribution is 7.80. The first-order chi connectivity index (χ1) is 9.67. The SMILES string of the molecule is CCOC(=O)[C@H](CCS)NC(=O)OCc1ccccc1. The van der Waals surface area contributed by atoms with E-state index in [1.165, 1.54) is 0 Å². The monoisotopic (exact) mass is 297 g/mol. The normalized spacial score (nSPS) is 11.5. The van der Waals surface area contributed by atoms with Gasteiger partial charge in [-0.25, -0.2) is 9.59 Å². The van der Waals surface area contributed by atoms with Crippen LogP contribution in [0.25, 0.3) is 0 Å². The molecule has 0 bridgehead atoms. The average molecular weight is 297 g/mol. The summed E-state index contributed by atoms with van der Waals surface area (Å²) in [5.41, 5.74) is 0.879. The number of benzene rings is 1. The van der Waals surface area contributed by atoms with E-state index in [1.807, 2.05) is 30.3 Å². The van der Waals surface area contributed by atoms with Gasteiger partial charge in [0, 0.05) is 0 Å². The van der Waals surface area contributed by atoms with Crippen LogP contribution in [0.3, 0.4) is 0 Å². The van der Waals surface area contributed by atoms with Crippen molar-refractivity contribution in [3.63, 3.8) is 0 Å². The molecule has 1 N–H and O–H groups in total. The van der Waals surface area contributed by atoms with E-state index in [2.05, 4.69) is 17.9 Å². The highest BCUT2D eigenvalue weighted by atomic mass is 32.1. The van der Waals surface area contributed by atoms with Crippen LogP contribution in [-0.4, -0.2) is 30.5 Å². The molecule has 5 nitrogen and oxygen atoms in total. The summed E-state index contributed by atoms with van der Waals surface area (Å²) in [6, 6.07) is 8.58. The first kappa shape index (κ1) is 16.4. The first-order valence-corrected chi connectivity index (χ1v) is 7.05. The fraction of sp³-hybridized carbons (Fsp3) is 0.429. The van der Waals surface area contributed by atoms with Crippen LogP contribution in [0.2, 0.25) is 0 Å². The fourth-order valence-electron chi connectivity index (χ4n) is 1.53. The molecule has 6 heteroatoms. The third-order valence-corrected chi connectivity index (χ3v) is 2.75. The molecule has 1 rings (SSSR count). The molecular weight excluding hydrogens is 278 g/mol. The number of carbonyl (C=O) groups excluding carboxylic acids is 2. The summed E-state index contributed by atoms with van der Waals surface area (Å²) in [6.07, 6.45) is -0.253. The van der Waals surface area contributed by atoms with E-state index < -0.39 is 18.1 Å². The van der Waals surface area contributed by atoms with Crippen LogP contribution in [0.1, 0.15) is 18.9 Å². The lowest BCUT2D eigenvalue weighted by Crippen LogP contribution is -2.42. The average Bonchev–Trinajstić information content (AvgIpc) is 2.46. The van der Waals surface area contributed by atoms with Gasteiger partial charge in [0.05, 0.1) is 6.61 Å². The lowest BCUT2D eigenvalue weighted by atomic mass is 10.2. The van der Waals surface area contributed by atoms with Crippen molar-refractivity contribution in [3.05, 3.63) is 35.9 Å². The fourth-order valence-corrected chi connectivity index (χ4v) is 1.79. The second-order valence-electron chi connectivity index (χ2n) is 4.02. The summed E-state index contributed by atoms with van der Waals surface area (Å²) < 4.78 is 9.93. The van der Waals surface area contributed by atoms with Crippen LogP contribution in [-0.2, 0) is 20.9 Å². The molecule has 0 saturated carbocycles. The molecule has 1 aromatic rings. The van der Waals surface area contributed by atoms with Gasteiger partial charge >= 0.3 is 12.1 Å². The minimum absolute atomic E-state index is 0.156. The van der Waals surface area contributed by atoms with Gasteiger partial charge in [-0.3, -0.25) is 0 Å². The van der Waals surface area contributed by atoms with E-state index in [4.69, 9.17) is 9.47 Å². The van der Waals surface area contributed by atoms with Gasteiger partial charge in [-0.2, -0.15) is 12.6 Å². The molecule has 1 amide bonds. The first-order valence-electron chi connectivity index (χ1n) is 6.42. The topological polar surface area (TPSA) is 64.6 Å². The van der Waals surface area contributed by atoms with Crippen LogP contribution in [0, 0.1) is 0 Å². The number of esters is 1. The third-order valence-electron chi connectivity index (χ3n) is 2.49. The Morgan fingerprint density at radius 2 is 1.95 bits per heavy atom. The molecule has 20 heavy (non-hydrogen) atoms. The summed E-state index contributed by atoms with van der Waals surface area (Å²) in [7, 11) is 0. The van der Waals surface area contributed by atoms with Gasteiger partial charge in [0.2, 0.25) is 0 Å². The molecule has 1 aromatic carbocycles. The number of hydrogen-bond acceptors (Lipinski definition) is 5. The number of rotatable bonds is 7. The summed E-state index contributed by atoms with van der Waals surface area (Å²) >= 11 is 4.05. The molecule has 0 aromatic heterocycles. The van der Waals surface area contributed by atoms with Crippen LogP contribution < -0.4 is 5.32 Å². The predicted octanol–water partition coefficient (Wildman–Crippen LogP) is 2.16. The maximum atomic E-state index is 11.6. The Labute approximate surface area is 124 Å². The zero-order valence-electron chi connectivity index (χ0n) is 11.4. The zero-order chi connectivity index (χ0) is 14.8. The Morgan fingerprint density at radius 1 is 1.25 bits per heavy atom. The smallest absolute Gasteiger partial charge is 0.408 e. The third kappa shape index (κ3) is 5.97. The van der Waals surface area contributed by atoms with Crippen LogP contribution in [0.5, 0.6) is 0 Å². The minimum Gasteiger partial charge on any atom is -0.464 e. The molecular formula is C14H19NO4S. The molecule has 0 aliphatic rings. The van der Waals surface area contributed by atoms with Crippen LogP contribution in [0.4, 0.5) is 4.79 Å². The standard InChI is InChI=1S/C14H19NO4S/c1-2-18-13(16)12(8-9-20)15-14(17)19-10-11-6-4-3-5-7-11/h3-7,12,20H,2,8-10H2,1H3,(H,15,17)/t12-/m0/s1. The maximum Gasteiger partial charge on any atom is 0.408 e. The summed E-state index contributed by atoms with van der Waals surface area (Å²) in [5, 5.41) is 2.49. The second kappa shape index (κ2) is 9.25. The quantitative estimate of drug-likeness (QED) is 0.598. The number of thiol groups is 1. The van der Waals surface area contributed by atoms with Crippen molar-refractivity contribution in [2.45, 2.75) is 26.0 Å². The van der Waals surface area contributed by atoms with Gasteiger partial charge < -0.3 is 14.8 Å². The van der Waals surface area contributed by atoms with Gasteiger partial charge in [-0.05, 0) is 24.7 Å². The second-order valence-corrected chi connectivity index (χ2v) is 4.47. The van der Waals surface area contributed by atoms with Crippen LogP contribution in [0.15, 0.2) is 30.3 Å². The van der Waals surface area contributed by atoms with Gasteiger partial charge in [-0.15, -0.1) is 0 Å². The summed E-state index contributed by atoms with van der Waals surface area (Å²) in [4.78, 5) is 23.3. The van der Waals surface area contributed by atoms with Crippen molar-refractivity contribution in [2.75, 3.05) is 12.4 Å². The van der Waals surface area contributed by atoms with E-state index in [-0.39, 0.29) is 13.2 Å². The Morgan fingerprint density at radius 3 is 2.55 bits per heavy atom. The highest BCUT2D eigenvalue weighted by Gasteiger charge is 2.21. The number of amides is 1. The van der Waals surface area contributed by atoms with E-state index in [1.54, 1.807) is 6.92 Å². The molecule has 1 atom stereocenters. The number of nitrogens with one attached hydrogen (secondary N) is 1. The van der Waals surface area contributed by atoms with Crippen LogP contribution >= 0.6 is 12.6 Å². The van der Waals surface area contributed by atoms with Crippen molar-refractivity contribution in [1.29, 1.82) is 0 Å². The Hall–Kier alpha value is -1.69. The van der Waals surface area contributed by atoms with E-state index in [0.717, 1.165) is 5.56 Å². The molecule has 0 aliphatic carbocycles. The van der Waals surface area contributed by atoms with Crippen molar-refractivity contribution >= 4 is 24.7 Å². The molecule has 0 aliphatic heterocycles. The van der Waals surface area contributed by atoms with Gasteiger partial charge in [0.25, 0.3) is 0 Å². The molecule has 0 radical (unpaired) electrons.